The second kappa shape index (κ2) is 18.4. The number of aliphatic hydroxyl groups is 2. The number of rotatable bonds is 21. The molecule has 0 saturated carbocycles. The molecule has 0 radical (unpaired) electrons. The second-order valence-corrected chi connectivity index (χ2v) is 10.6. The highest BCUT2D eigenvalue weighted by atomic mass is 19.3. The van der Waals surface area contributed by atoms with Crippen molar-refractivity contribution in [3.8, 4) is 0 Å². The van der Waals surface area contributed by atoms with Crippen molar-refractivity contribution in [2.24, 2.45) is 0 Å². The van der Waals surface area contributed by atoms with Crippen LogP contribution in [0.2, 0.25) is 0 Å². The maximum Gasteiger partial charge on any atom is 0.273 e. The summed E-state index contributed by atoms with van der Waals surface area (Å²) in [6.07, 6.45) is 7.74. The molecule has 0 spiro atoms. The molecule has 0 aliphatic heterocycles. The number of unbranched alkanes of at least 4 members (excludes halogenated alkanes) is 9. The number of hydrogen-bond donors (Lipinski definition) is 2. The average Bonchev–Trinajstić information content (AvgIpc) is 2.89. The average molecular weight is 518 g/mol. The van der Waals surface area contributed by atoms with Gasteiger partial charge in [-0.2, -0.15) is 0 Å². The van der Waals surface area contributed by atoms with Gasteiger partial charge in [-0.05, 0) is 24.0 Å². The first-order chi connectivity index (χ1) is 17.9. The van der Waals surface area contributed by atoms with Crippen LogP contribution < -0.4 is 0 Å². The molecular formula is C32H49F2NO2. The lowest BCUT2D eigenvalue weighted by Gasteiger charge is -2.27. The molecule has 37 heavy (non-hydrogen) atoms. The number of benzene rings is 2. The highest BCUT2D eigenvalue weighted by molar-refractivity contribution is 5.17. The van der Waals surface area contributed by atoms with Crippen LogP contribution in [-0.4, -0.2) is 39.8 Å². The molecule has 2 aromatic carbocycles. The van der Waals surface area contributed by atoms with Gasteiger partial charge in [0.1, 0.15) is 6.10 Å². The summed E-state index contributed by atoms with van der Waals surface area (Å²) in [6.45, 7) is 4.18. The van der Waals surface area contributed by atoms with E-state index in [0.717, 1.165) is 30.4 Å². The Morgan fingerprint density at radius 1 is 0.703 bits per heavy atom. The van der Waals surface area contributed by atoms with Gasteiger partial charge in [0, 0.05) is 32.5 Å². The van der Waals surface area contributed by atoms with Gasteiger partial charge < -0.3 is 10.2 Å². The third-order valence-corrected chi connectivity index (χ3v) is 7.12. The Labute approximate surface area is 223 Å². The van der Waals surface area contributed by atoms with Gasteiger partial charge >= 0.3 is 0 Å². The SMILES string of the molecule is CCCCCCCCCCCCC(F)(F)C(O)CC(O)CCN(Cc1ccccc1)Cc1ccccc1. The molecule has 0 bridgehead atoms. The Morgan fingerprint density at radius 3 is 1.65 bits per heavy atom. The molecule has 5 heteroatoms. The first-order valence-corrected chi connectivity index (χ1v) is 14.4. The van der Waals surface area contributed by atoms with Gasteiger partial charge in [0.2, 0.25) is 0 Å². The van der Waals surface area contributed by atoms with Crippen molar-refractivity contribution in [1.29, 1.82) is 0 Å². The number of nitrogens with zero attached hydrogens (tertiary/aromatic N) is 1. The molecule has 3 nitrogen and oxygen atoms in total. The normalized spacial score (nSPS) is 13.7. The van der Waals surface area contributed by atoms with Crippen LogP contribution in [0.1, 0.15) is 102 Å². The monoisotopic (exact) mass is 517 g/mol. The van der Waals surface area contributed by atoms with Crippen molar-refractivity contribution in [2.45, 2.75) is 122 Å². The van der Waals surface area contributed by atoms with Gasteiger partial charge in [0.15, 0.2) is 0 Å². The van der Waals surface area contributed by atoms with E-state index in [1.807, 2.05) is 36.4 Å². The van der Waals surface area contributed by atoms with Gasteiger partial charge in [0.05, 0.1) is 6.10 Å². The van der Waals surface area contributed by atoms with Crippen LogP contribution in [0.15, 0.2) is 60.7 Å². The largest absolute Gasteiger partial charge is 0.393 e. The minimum Gasteiger partial charge on any atom is -0.393 e. The number of aliphatic hydroxyl groups excluding tert-OH is 2. The van der Waals surface area contributed by atoms with Crippen molar-refractivity contribution in [2.75, 3.05) is 6.54 Å². The molecule has 2 rings (SSSR count). The lowest BCUT2D eigenvalue weighted by atomic mass is 9.98. The quantitative estimate of drug-likeness (QED) is 0.164. The van der Waals surface area contributed by atoms with Crippen LogP contribution in [0.3, 0.4) is 0 Å². The summed E-state index contributed by atoms with van der Waals surface area (Å²) in [7, 11) is 0. The zero-order valence-corrected chi connectivity index (χ0v) is 22.8. The summed E-state index contributed by atoms with van der Waals surface area (Å²) in [5.74, 6) is -3.16. The number of alkyl halides is 2. The Bertz CT molecular complexity index is 761. The predicted molar refractivity (Wildman–Crippen MR) is 150 cm³/mol. The van der Waals surface area contributed by atoms with Crippen molar-refractivity contribution < 1.29 is 19.0 Å². The topological polar surface area (TPSA) is 43.7 Å². The van der Waals surface area contributed by atoms with E-state index in [-0.39, 0.29) is 12.8 Å². The first-order valence-electron chi connectivity index (χ1n) is 14.4. The predicted octanol–water partition coefficient (Wildman–Crippen LogP) is 8.14. The number of hydrogen-bond acceptors (Lipinski definition) is 3. The minimum atomic E-state index is -3.16. The fraction of sp³-hybridized carbons (Fsp3) is 0.625. The molecule has 0 aliphatic rings. The van der Waals surface area contributed by atoms with Crippen molar-refractivity contribution >= 4 is 0 Å². The Morgan fingerprint density at radius 2 is 1.16 bits per heavy atom. The van der Waals surface area contributed by atoms with Crippen molar-refractivity contribution in [3.05, 3.63) is 71.8 Å². The van der Waals surface area contributed by atoms with Crippen LogP contribution in [0.25, 0.3) is 0 Å². The molecule has 2 aromatic rings. The fourth-order valence-corrected chi connectivity index (χ4v) is 4.79. The van der Waals surface area contributed by atoms with E-state index in [1.165, 1.54) is 38.5 Å². The van der Waals surface area contributed by atoms with E-state index in [1.54, 1.807) is 0 Å². The molecule has 2 N–H and O–H groups in total. The molecule has 208 valence electrons. The summed E-state index contributed by atoms with van der Waals surface area (Å²) in [5.41, 5.74) is 2.33. The van der Waals surface area contributed by atoms with Crippen LogP contribution in [0.4, 0.5) is 8.78 Å². The Balaban J connectivity index is 1.70. The second-order valence-electron chi connectivity index (χ2n) is 10.6. The highest BCUT2D eigenvalue weighted by Gasteiger charge is 2.38. The summed E-state index contributed by atoms with van der Waals surface area (Å²) in [5, 5.41) is 20.7. The number of halogens is 2. The maximum absolute atomic E-state index is 14.5. The van der Waals surface area contributed by atoms with Crippen LogP contribution in [0.5, 0.6) is 0 Å². The zero-order chi connectivity index (χ0) is 26.8. The van der Waals surface area contributed by atoms with Gasteiger partial charge in [-0.15, -0.1) is 0 Å². The standard InChI is InChI=1S/C32H49F2NO2/c1-2-3-4-5-6-7-8-9-10-17-23-32(33,34)31(37)25-30(36)22-24-35(26-28-18-13-11-14-19-28)27-29-20-15-12-16-21-29/h11-16,18-21,30-31,36-37H,2-10,17,22-27H2,1H3. The molecule has 0 aliphatic carbocycles. The third-order valence-electron chi connectivity index (χ3n) is 7.12. The van der Waals surface area contributed by atoms with Gasteiger partial charge in [-0.1, -0.05) is 125 Å². The van der Waals surface area contributed by atoms with E-state index in [4.69, 9.17) is 0 Å². The fourth-order valence-electron chi connectivity index (χ4n) is 4.79. The lowest BCUT2D eigenvalue weighted by molar-refractivity contribution is -0.128. The third kappa shape index (κ3) is 14.1. The molecular weight excluding hydrogens is 468 g/mol. The molecule has 0 saturated heterocycles. The highest BCUT2D eigenvalue weighted by Crippen LogP contribution is 2.29. The van der Waals surface area contributed by atoms with E-state index in [9.17, 15) is 19.0 Å². The summed E-state index contributed by atoms with van der Waals surface area (Å²) in [6, 6.07) is 20.2. The van der Waals surface area contributed by atoms with Gasteiger partial charge in [-0.3, -0.25) is 4.90 Å². The smallest absolute Gasteiger partial charge is 0.273 e. The summed E-state index contributed by atoms with van der Waals surface area (Å²) >= 11 is 0. The molecule has 2 atom stereocenters. The summed E-state index contributed by atoms with van der Waals surface area (Å²) < 4.78 is 29.1. The molecule has 0 amide bonds. The van der Waals surface area contributed by atoms with Crippen molar-refractivity contribution in [3.63, 3.8) is 0 Å². The first kappa shape index (κ1) is 31.4. The van der Waals surface area contributed by atoms with Gasteiger partial charge in [0.25, 0.3) is 5.92 Å². The molecule has 0 heterocycles. The van der Waals surface area contributed by atoms with E-state index >= 15 is 0 Å². The lowest BCUT2D eigenvalue weighted by Crippen LogP contribution is -2.37. The summed E-state index contributed by atoms with van der Waals surface area (Å²) in [4.78, 5) is 2.21. The Kier molecular flexibility index (Phi) is 15.6. The minimum absolute atomic E-state index is 0.296. The van der Waals surface area contributed by atoms with Crippen LogP contribution in [-0.2, 0) is 13.1 Å². The Hall–Kier alpha value is -1.82. The van der Waals surface area contributed by atoms with E-state index in [0.29, 0.717) is 32.5 Å². The van der Waals surface area contributed by atoms with Crippen LogP contribution in [0, 0.1) is 0 Å². The van der Waals surface area contributed by atoms with E-state index in [2.05, 4.69) is 36.1 Å². The molecule has 2 unspecified atom stereocenters. The van der Waals surface area contributed by atoms with Crippen LogP contribution >= 0.6 is 0 Å². The molecule has 0 aromatic heterocycles. The van der Waals surface area contributed by atoms with Crippen molar-refractivity contribution in [1.82, 2.24) is 4.90 Å². The van der Waals surface area contributed by atoms with E-state index < -0.39 is 18.1 Å². The molecule has 0 fully saturated rings. The maximum atomic E-state index is 14.5. The zero-order valence-electron chi connectivity index (χ0n) is 22.8. The van der Waals surface area contributed by atoms with Gasteiger partial charge in [-0.25, -0.2) is 8.78 Å².